The van der Waals surface area contributed by atoms with E-state index in [0.29, 0.717) is 34.9 Å². The molecule has 1 fully saturated rings. The van der Waals surface area contributed by atoms with Crippen LogP contribution in [0.1, 0.15) is 12.8 Å². The van der Waals surface area contributed by atoms with E-state index >= 15 is 0 Å². The zero-order valence-electron chi connectivity index (χ0n) is 15.1. The topological polar surface area (TPSA) is 64.1 Å². The van der Waals surface area contributed by atoms with Crippen molar-refractivity contribution in [3.05, 3.63) is 28.2 Å². The number of benzene rings is 1. The summed E-state index contributed by atoms with van der Waals surface area (Å²) in [6.45, 7) is 5.06. The average Bonchev–Trinajstić information content (AvgIpc) is 3.16. The SMILES string of the molecule is CN=C(NCCCOCC1CCOC1)NCCOc1cccc(Cl)c1Cl. The van der Waals surface area contributed by atoms with Gasteiger partial charge in [-0.05, 0) is 25.0 Å². The lowest BCUT2D eigenvalue weighted by Crippen LogP contribution is -2.39. The fraction of sp³-hybridized carbons (Fsp3) is 0.611. The van der Waals surface area contributed by atoms with Crippen LogP contribution in [0.25, 0.3) is 0 Å². The Balaban J connectivity index is 1.51. The molecule has 0 radical (unpaired) electrons. The van der Waals surface area contributed by atoms with Gasteiger partial charge >= 0.3 is 0 Å². The molecule has 1 heterocycles. The van der Waals surface area contributed by atoms with Gasteiger partial charge in [-0.3, -0.25) is 4.99 Å². The molecular weight excluding hydrogens is 377 g/mol. The van der Waals surface area contributed by atoms with E-state index in [1.54, 1.807) is 25.2 Å². The molecule has 0 aliphatic carbocycles. The molecule has 8 heteroatoms. The Hall–Kier alpha value is -1.21. The van der Waals surface area contributed by atoms with Crippen LogP contribution in [0.5, 0.6) is 5.75 Å². The molecule has 146 valence electrons. The van der Waals surface area contributed by atoms with E-state index in [1.165, 1.54) is 0 Å². The second kappa shape index (κ2) is 12.2. The fourth-order valence-electron chi connectivity index (χ4n) is 2.49. The minimum Gasteiger partial charge on any atom is -0.490 e. The molecule has 1 aromatic carbocycles. The molecule has 0 amide bonds. The highest BCUT2D eigenvalue weighted by molar-refractivity contribution is 6.42. The molecule has 1 unspecified atom stereocenters. The van der Waals surface area contributed by atoms with Crippen molar-refractivity contribution in [2.24, 2.45) is 10.9 Å². The number of ether oxygens (including phenoxy) is 3. The molecule has 0 spiro atoms. The van der Waals surface area contributed by atoms with Crippen LogP contribution in [0.15, 0.2) is 23.2 Å². The fourth-order valence-corrected chi connectivity index (χ4v) is 2.84. The summed E-state index contributed by atoms with van der Waals surface area (Å²) in [6, 6.07) is 5.32. The van der Waals surface area contributed by atoms with Crippen LogP contribution in [0.4, 0.5) is 0 Å². The smallest absolute Gasteiger partial charge is 0.191 e. The Bertz CT molecular complexity index is 567. The van der Waals surface area contributed by atoms with Gasteiger partial charge in [0.15, 0.2) is 5.96 Å². The molecule has 26 heavy (non-hydrogen) atoms. The van der Waals surface area contributed by atoms with Crippen LogP contribution < -0.4 is 15.4 Å². The molecule has 2 N–H and O–H groups in total. The summed E-state index contributed by atoms with van der Waals surface area (Å²) in [5.74, 6) is 1.87. The molecule has 1 saturated heterocycles. The van der Waals surface area contributed by atoms with Crippen molar-refractivity contribution in [3.63, 3.8) is 0 Å². The number of nitrogens with zero attached hydrogens (tertiary/aromatic N) is 1. The van der Waals surface area contributed by atoms with Crippen LogP contribution in [0, 0.1) is 5.92 Å². The highest BCUT2D eigenvalue weighted by Crippen LogP contribution is 2.31. The molecule has 2 rings (SSSR count). The Kier molecular flexibility index (Phi) is 9.92. The Morgan fingerprint density at radius 3 is 2.88 bits per heavy atom. The maximum absolute atomic E-state index is 6.08. The van der Waals surface area contributed by atoms with Crippen molar-refractivity contribution in [3.8, 4) is 5.75 Å². The number of rotatable bonds is 10. The third-order valence-corrected chi connectivity index (χ3v) is 4.73. The number of halogens is 2. The van der Waals surface area contributed by atoms with E-state index < -0.39 is 0 Å². The first-order chi connectivity index (χ1) is 12.7. The molecule has 1 atom stereocenters. The van der Waals surface area contributed by atoms with Crippen LogP contribution in [-0.2, 0) is 9.47 Å². The Labute approximate surface area is 165 Å². The standard InChI is InChI=1S/C18H27Cl2N3O3/c1-21-18(22-7-3-9-24-12-14-6-10-25-13-14)23-8-11-26-16-5-2-4-15(19)17(16)20/h2,4-5,14H,3,6-13H2,1H3,(H2,21,22,23). The highest BCUT2D eigenvalue weighted by atomic mass is 35.5. The molecule has 6 nitrogen and oxygen atoms in total. The van der Waals surface area contributed by atoms with E-state index in [-0.39, 0.29) is 0 Å². The monoisotopic (exact) mass is 403 g/mol. The molecule has 1 aliphatic heterocycles. The van der Waals surface area contributed by atoms with Crippen LogP contribution in [0.3, 0.4) is 0 Å². The zero-order valence-corrected chi connectivity index (χ0v) is 16.6. The van der Waals surface area contributed by atoms with Gasteiger partial charge in [0.1, 0.15) is 17.4 Å². The second-order valence-electron chi connectivity index (χ2n) is 5.98. The second-order valence-corrected chi connectivity index (χ2v) is 6.77. The van der Waals surface area contributed by atoms with E-state index in [2.05, 4.69) is 15.6 Å². The van der Waals surface area contributed by atoms with E-state index in [9.17, 15) is 0 Å². The number of hydrogen-bond donors (Lipinski definition) is 2. The molecule has 0 bridgehead atoms. The third-order valence-electron chi connectivity index (χ3n) is 3.93. The predicted molar refractivity (Wildman–Crippen MR) is 106 cm³/mol. The van der Waals surface area contributed by atoms with Gasteiger partial charge in [-0.15, -0.1) is 0 Å². The first-order valence-corrected chi connectivity index (χ1v) is 9.63. The minimum atomic E-state index is 0.431. The number of nitrogens with one attached hydrogen (secondary N) is 2. The van der Waals surface area contributed by atoms with Crippen LogP contribution >= 0.6 is 23.2 Å². The maximum atomic E-state index is 6.08. The summed E-state index contributed by atoms with van der Waals surface area (Å²) >= 11 is 12.0. The van der Waals surface area contributed by atoms with E-state index in [0.717, 1.165) is 51.8 Å². The Morgan fingerprint density at radius 1 is 1.27 bits per heavy atom. The lowest BCUT2D eigenvalue weighted by molar-refractivity contribution is 0.0888. The molecule has 0 saturated carbocycles. The normalized spacial score (nSPS) is 17.3. The van der Waals surface area contributed by atoms with Gasteiger partial charge in [0.25, 0.3) is 0 Å². The minimum absolute atomic E-state index is 0.431. The quantitative estimate of drug-likeness (QED) is 0.357. The van der Waals surface area contributed by atoms with Gasteiger partial charge in [0.2, 0.25) is 0 Å². The van der Waals surface area contributed by atoms with Crippen molar-refractivity contribution < 1.29 is 14.2 Å². The predicted octanol–water partition coefficient (Wildman–Crippen LogP) is 2.98. The van der Waals surface area contributed by atoms with Crippen LogP contribution in [0.2, 0.25) is 10.0 Å². The molecule has 1 aromatic rings. The summed E-state index contributed by atoms with van der Waals surface area (Å²) < 4.78 is 16.6. The first-order valence-electron chi connectivity index (χ1n) is 8.87. The van der Waals surface area contributed by atoms with Crippen LogP contribution in [-0.4, -0.2) is 59.1 Å². The van der Waals surface area contributed by atoms with Gasteiger partial charge in [0.05, 0.1) is 24.8 Å². The van der Waals surface area contributed by atoms with Crippen molar-refractivity contribution in [1.82, 2.24) is 10.6 Å². The largest absolute Gasteiger partial charge is 0.490 e. The summed E-state index contributed by atoms with van der Waals surface area (Å²) in [6.07, 6.45) is 2.03. The highest BCUT2D eigenvalue weighted by Gasteiger charge is 2.15. The number of guanidine groups is 1. The average molecular weight is 404 g/mol. The molecular formula is C18H27Cl2N3O3. The summed E-state index contributed by atoms with van der Waals surface area (Å²) in [4.78, 5) is 4.18. The van der Waals surface area contributed by atoms with Crippen molar-refractivity contribution in [2.75, 3.05) is 53.2 Å². The zero-order chi connectivity index (χ0) is 18.6. The lowest BCUT2D eigenvalue weighted by Gasteiger charge is -2.13. The van der Waals surface area contributed by atoms with Gasteiger partial charge in [0, 0.05) is 32.7 Å². The van der Waals surface area contributed by atoms with Gasteiger partial charge in [-0.1, -0.05) is 29.3 Å². The molecule has 0 aromatic heterocycles. The summed E-state index contributed by atoms with van der Waals surface area (Å²) in [5, 5.41) is 7.35. The third kappa shape index (κ3) is 7.58. The van der Waals surface area contributed by atoms with Gasteiger partial charge < -0.3 is 24.8 Å². The number of aliphatic imine (C=N–C) groups is 1. The van der Waals surface area contributed by atoms with Gasteiger partial charge in [-0.2, -0.15) is 0 Å². The Morgan fingerprint density at radius 2 is 2.12 bits per heavy atom. The van der Waals surface area contributed by atoms with Crippen molar-refractivity contribution in [2.45, 2.75) is 12.8 Å². The summed E-state index contributed by atoms with van der Waals surface area (Å²) in [5.41, 5.74) is 0. The van der Waals surface area contributed by atoms with Crippen molar-refractivity contribution in [1.29, 1.82) is 0 Å². The molecule has 1 aliphatic rings. The lowest BCUT2D eigenvalue weighted by atomic mass is 10.1. The first kappa shape index (κ1) is 21.1. The van der Waals surface area contributed by atoms with E-state index in [1.807, 2.05) is 0 Å². The van der Waals surface area contributed by atoms with E-state index in [4.69, 9.17) is 37.4 Å². The maximum Gasteiger partial charge on any atom is 0.191 e. The number of hydrogen-bond acceptors (Lipinski definition) is 4. The van der Waals surface area contributed by atoms with Crippen molar-refractivity contribution >= 4 is 29.2 Å². The van der Waals surface area contributed by atoms with Gasteiger partial charge in [-0.25, -0.2) is 0 Å². The summed E-state index contributed by atoms with van der Waals surface area (Å²) in [7, 11) is 1.74.